The van der Waals surface area contributed by atoms with Crippen LogP contribution in [0.15, 0.2) is 18.3 Å². The molecule has 0 spiro atoms. The second-order valence-corrected chi connectivity index (χ2v) is 3.96. The van der Waals surface area contributed by atoms with Crippen molar-refractivity contribution in [2.24, 2.45) is 0 Å². The minimum Gasteiger partial charge on any atom is -0.307 e. The highest BCUT2D eigenvalue weighted by atomic mass is 35.5. The summed E-state index contributed by atoms with van der Waals surface area (Å²) in [6.45, 7) is 2.16. The van der Waals surface area contributed by atoms with E-state index < -0.39 is 0 Å². The van der Waals surface area contributed by atoms with Gasteiger partial charge in [-0.15, -0.1) is 0 Å². The molecule has 1 aromatic heterocycles. The van der Waals surface area contributed by atoms with Crippen LogP contribution >= 0.6 is 11.6 Å². The van der Waals surface area contributed by atoms with Crippen LogP contribution in [0.3, 0.4) is 0 Å². The zero-order valence-electron chi connectivity index (χ0n) is 7.63. The van der Waals surface area contributed by atoms with Gasteiger partial charge in [0.2, 0.25) is 0 Å². The van der Waals surface area contributed by atoms with Crippen molar-refractivity contribution in [3.05, 3.63) is 29.0 Å². The van der Waals surface area contributed by atoms with Gasteiger partial charge in [0.05, 0.1) is 0 Å². The van der Waals surface area contributed by atoms with Gasteiger partial charge in [0, 0.05) is 18.3 Å². The quantitative estimate of drug-likeness (QED) is 0.752. The van der Waals surface area contributed by atoms with Gasteiger partial charge in [0.25, 0.3) is 0 Å². The molecule has 2 rings (SSSR count). The van der Waals surface area contributed by atoms with Gasteiger partial charge in [-0.3, -0.25) is 0 Å². The van der Waals surface area contributed by atoms with Gasteiger partial charge in [-0.2, -0.15) is 0 Å². The van der Waals surface area contributed by atoms with Crippen molar-refractivity contribution in [3.63, 3.8) is 0 Å². The highest BCUT2D eigenvalue weighted by Gasteiger charge is 2.23. The fourth-order valence-corrected chi connectivity index (χ4v) is 1.57. The smallest absolute Gasteiger partial charge is 0.129 e. The molecule has 0 amide bonds. The zero-order chi connectivity index (χ0) is 9.26. The third kappa shape index (κ3) is 2.42. The second kappa shape index (κ2) is 3.64. The summed E-state index contributed by atoms with van der Waals surface area (Å²) in [5, 5.41) is 4.08. The van der Waals surface area contributed by atoms with E-state index in [1.165, 1.54) is 18.4 Å². The molecule has 1 heterocycles. The first-order chi connectivity index (χ1) is 6.25. The molecule has 0 aliphatic heterocycles. The predicted octanol–water partition coefficient (Wildman–Crippen LogP) is 2.55. The van der Waals surface area contributed by atoms with E-state index in [4.69, 9.17) is 11.6 Å². The second-order valence-electron chi connectivity index (χ2n) is 3.57. The molecule has 0 saturated heterocycles. The van der Waals surface area contributed by atoms with E-state index >= 15 is 0 Å². The van der Waals surface area contributed by atoms with E-state index in [0.29, 0.717) is 11.2 Å². The van der Waals surface area contributed by atoms with Crippen LogP contribution in [-0.2, 0) is 0 Å². The van der Waals surface area contributed by atoms with Crippen LogP contribution in [0.4, 0.5) is 0 Å². The SMILES string of the molecule is CC(NC1CC1)c1ccnc(Cl)c1. The Morgan fingerprint density at radius 3 is 3.00 bits per heavy atom. The van der Waals surface area contributed by atoms with E-state index in [0.717, 1.165) is 6.04 Å². The summed E-state index contributed by atoms with van der Waals surface area (Å²) < 4.78 is 0. The summed E-state index contributed by atoms with van der Waals surface area (Å²) in [4.78, 5) is 3.95. The summed E-state index contributed by atoms with van der Waals surface area (Å²) in [7, 11) is 0. The molecule has 1 unspecified atom stereocenters. The predicted molar refractivity (Wildman–Crippen MR) is 53.8 cm³/mol. The molecule has 1 aliphatic rings. The van der Waals surface area contributed by atoms with Crippen LogP contribution < -0.4 is 5.32 Å². The fraction of sp³-hybridized carbons (Fsp3) is 0.500. The van der Waals surface area contributed by atoms with Crippen LogP contribution in [-0.4, -0.2) is 11.0 Å². The van der Waals surface area contributed by atoms with Gasteiger partial charge in [-0.1, -0.05) is 11.6 Å². The van der Waals surface area contributed by atoms with Gasteiger partial charge >= 0.3 is 0 Å². The van der Waals surface area contributed by atoms with E-state index in [1.54, 1.807) is 6.20 Å². The van der Waals surface area contributed by atoms with Crippen LogP contribution in [0.25, 0.3) is 0 Å². The van der Waals surface area contributed by atoms with Crippen molar-refractivity contribution in [1.82, 2.24) is 10.3 Å². The molecule has 3 heteroatoms. The van der Waals surface area contributed by atoms with E-state index in [-0.39, 0.29) is 0 Å². The molecule has 13 heavy (non-hydrogen) atoms. The first kappa shape index (κ1) is 8.97. The van der Waals surface area contributed by atoms with Crippen molar-refractivity contribution in [3.8, 4) is 0 Å². The van der Waals surface area contributed by atoms with E-state index in [9.17, 15) is 0 Å². The maximum absolute atomic E-state index is 5.80. The Hall–Kier alpha value is -0.600. The maximum Gasteiger partial charge on any atom is 0.129 e. The van der Waals surface area contributed by atoms with Gasteiger partial charge in [-0.05, 0) is 37.5 Å². The Morgan fingerprint density at radius 1 is 1.62 bits per heavy atom. The van der Waals surface area contributed by atoms with Crippen LogP contribution in [0.5, 0.6) is 0 Å². The Bertz CT molecular complexity index is 297. The number of hydrogen-bond acceptors (Lipinski definition) is 2. The lowest BCUT2D eigenvalue weighted by molar-refractivity contribution is 0.570. The van der Waals surface area contributed by atoms with Gasteiger partial charge in [0.1, 0.15) is 5.15 Å². The summed E-state index contributed by atoms with van der Waals surface area (Å²) in [5.41, 5.74) is 1.21. The molecule has 0 bridgehead atoms. The third-order valence-corrected chi connectivity index (χ3v) is 2.52. The minimum absolute atomic E-state index is 0.382. The molecule has 70 valence electrons. The number of aromatic nitrogens is 1. The average molecular weight is 197 g/mol. The van der Waals surface area contributed by atoms with Crippen LogP contribution in [0, 0.1) is 0 Å². The molecule has 1 atom stereocenters. The van der Waals surface area contributed by atoms with Crippen molar-refractivity contribution >= 4 is 11.6 Å². The average Bonchev–Trinajstić information content (AvgIpc) is 2.88. The van der Waals surface area contributed by atoms with Crippen molar-refractivity contribution in [1.29, 1.82) is 0 Å². The largest absolute Gasteiger partial charge is 0.307 e. The van der Waals surface area contributed by atoms with Crippen molar-refractivity contribution in [2.45, 2.75) is 31.8 Å². The summed E-state index contributed by atoms with van der Waals surface area (Å²) in [6, 6.07) is 5.03. The van der Waals surface area contributed by atoms with Crippen molar-refractivity contribution in [2.75, 3.05) is 0 Å². The number of nitrogens with zero attached hydrogens (tertiary/aromatic N) is 1. The van der Waals surface area contributed by atoms with Crippen LogP contribution in [0.1, 0.15) is 31.4 Å². The molecule has 0 aromatic carbocycles. The Balaban J connectivity index is 2.04. The summed E-state index contributed by atoms with van der Waals surface area (Å²) in [5.74, 6) is 0. The highest BCUT2D eigenvalue weighted by Crippen LogP contribution is 2.24. The minimum atomic E-state index is 0.382. The van der Waals surface area contributed by atoms with E-state index in [1.807, 2.05) is 12.1 Å². The lowest BCUT2D eigenvalue weighted by Gasteiger charge is -2.13. The number of nitrogens with one attached hydrogen (secondary N) is 1. The van der Waals surface area contributed by atoms with Gasteiger partial charge in [-0.25, -0.2) is 4.98 Å². The number of halogens is 1. The lowest BCUT2D eigenvalue weighted by atomic mass is 10.1. The Kier molecular flexibility index (Phi) is 2.51. The van der Waals surface area contributed by atoms with Crippen molar-refractivity contribution < 1.29 is 0 Å². The maximum atomic E-state index is 5.80. The number of rotatable bonds is 3. The van der Waals surface area contributed by atoms with Crippen LogP contribution in [0.2, 0.25) is 5.15 Å². The molecule has 1 N–H and O–H groups in total. The topological polar surface area (TPSA) is 24.9 Å². The Labute approximate surface area is 83.3 Å². The summed E-state index contributed by atoms with van der Waals surface area (Å²) in [6.07, 6.45) is 4.37. The highest BCUT2D eigenvalue weighted by molar-refractivity contribution is 6.29. The molecule has 2 nitrogen and oxygen atoms in total. The third-order valence-electron chi connectivity index (χ3n) is 2.31. The molecule has 0 radical (unpaired) electrons. The molecule has 1 fully saturated rings. The first-order valence-corrected chi connectivity index (χ1v) is 5.01. The molecular formula is C10H13ClN2. The zero-order valence-corrected chi connectivity index (χ0v) is 8.38. The number of hydrogen-bond donors (Lipinski definition) is 1. The summed E-state index contributed by atoms with van der Waals surface area (Å²) >= 11 is 5.80. The van der Waals surface area contributed by atoms with Gasteiger partial charge in [0.15, 0.2) is 0 Å². The van der Waals surface area contributed by atoms with E-state index in [2.05, 4.69) is 17.2 Å². The lowest BCUT2D eigenvalue weighted by Crippen LogP contribution is -2.20. The molecule has 1 aromatic rings. The molecule has 1 saturated carbocycles. The monoisotopic (exact) mass is 196 g/mol. The number of pyridine rings is 1. The molecule has 1 aliphatic carbocycles. The normalized spacial score (nSPS) is 18.6. The molecular weight excluding hydrogens is 184 g/mol. The fourth-order valence-electron chi connectivity index (χ4n) is 1.39. The standard InChI is InChI=1S/C10H13ClN2/c1-7(13-9-2-3-9)8-4-5-12-10(11)6-8/h4-7,9,13H,2-3H2,1H3. The first-order valence-electron chi connectivity index (χ1n) is 4.63. The van der Waals surface area contributed by atoms with Gasteiger partial charge < -0.3 is 5.32 Å². The Morgan fingerprint density at radius 2 is 2.38 bits per heavy atom.